The van der Waals surface area contributed by atoms with Crippen LogP contribution >= 0.6 is 0 Å². The Morgan fingerprint density at radius 1 is 0.839 bits per heavy atom. The van der Waals surface area contributed by atoms with Crippen LogP contribution in [0.2, 0.25) is 0 Å². The Bertz CT molecular complexity index is 998. The molecule has 162 valence electrons. The Morgan fingerprint density at radius 3 is 2.00 bits per heavy atom. The van der Waals surface area contributed by atoms with Gasteiger partial charge in [-0.2, -0.15) is 0 Å². The van der Waals surface area contributed by atoms with Crippen molar-refractivity contribution in [1.29, 1.82) is 0 Å². The normalized spacial score (nSPS) is 10.2. The summed E-state index contributed by atoms with van der Waals surface area (Å²) < 4.78 is 21.2. The number of hydrogen-bond acceptors (Lipinski definition) is 7. The van der Waals surface area contributed by atoms with E-state index in [1.165, 1.54) is 21.3 Å². The predicted octanol–water partition coefficient (Wildman–Crippen LogP) is 4.21. The van der Waals surface area contributed by atoms with Crippen LogP contribution in [0, 0.1) is 0 Å². The second-order valence-corrected chi connectivity index (χ2v) is 6.26. The topological polar surface area (TPSA) is 104 Å². The Labute approximate surface area is 180 Å². The van der Waals surface area contributed by atoms with Gasteiger partial charge in [-0.3, -0.25) is 0 Å². The third kappa shape index (κ3) is 5.33. The number of nitrogens with zero attached hydrogens (tertiary/aromatic N) is 2. The van der Waals surface area contributed by atoms with Crippen LogP contribution in [0.3, 0.4) is 0 Å². The third-order valence-corrected chi connectivity index (χ3v) is 4.29. The fourth-order valence-corrected chi connectivity index (χ4v) is 2.87. The van der Waals surface area contributed by atoms with Gasteiger partial charge in [0.2, 0.25) is 11.6 Å². The van der Waals surface area contributed by atoms with Crippen LogP contribution in [-0.2, 0) is 0 Å². The van der Waals surface area contributed by atoms with E-state index in [0.29, 0.717) is 46.8 Å². The zero-order valence-corrected chi connectivity index (χ0v) is 17.8. The summed E-state index contributed by atoms with van der Waals surface area (Å²) in [7, 11) is 4.54. The van der Waals surface area contributed by atoms with Crippen molar-refractivity contribution in [2.75, 3.05) is 38.6 Å². The summed E-state index contributed by atoms with van der Waals surface area (Å²) in [5, 5.41) is 13.7. The lowest BCUT2D eigenvalue weighted by atomic mass is 10.1. The first kappa shape index (κ1) is 21.7. The summed E-state index contributed by atoms with van der Waals surface area (Å²) >= 11 is 0. The molecule has 2 aromatic carbocycles. The lowest BCUT2D eigenvalue weighted by Gasteiger charge is -2.15. The van der Waals surface area contributed by atoms with Crippen LogP contribution in [0.5, 0.6) is 23.1 Å². The minimum atomic E-state index is -0.414. The van der Waals surface area contributed by atoms with Gasteiger partial charge in [-0.05, 0) is 25.1 Å². The predicted molar refractivity (Wildman–Crippen MR) is 117 cm³/mol. The second-order valence-electron chi connectivity index (χ2n) is 6.26. The van der Waals surface area contributed by atoms with Crippen molar-refractivity contribution in [2.45, 2.75) is 6.92 Å². The van der Waals surface area contributed by atoms with E-state index in [2.05, 4.69) is 20.8 Å². The molecule has 0 spiro atoms. The fraction of sp³-hybridized carbons (Fsp3) is 0.227. The van der Waals surface area contributed by atoms with Crippen LogP contribution in [0.25, 0.3) is 11.3 Å². The lowest BCUT2D eigenvalue weighted by molar-refractivity contribution is 0.262. The standard InChI is InChI=1S/C22H24N4O5/c1-5-31-20-11-10-17(25-26-20)14-6-8-15(9-7-14)23-22(27)24-16-12-18(28-2)21(30-4)19(13-16)29-3/h6-13H,5H2,1-4H3,(H2,23,24,27). The number of ether oxygens (including phenoxy) is 4. The Balaban J connectivity index is 1.67. The molecule has 0 saturated heterocycles. The van der Waals surface area contributed by atoms with Gasteiger partial charge in [-0.1, -0.05) is 12.1 Å². The summed E-state index contributed by atoms with van der Waals surface area (Å²) in [5.41, 5.74) is 2.68. The molecule has 3 aromatic rings. The van der Waals surface area contributed by atoms with Gasteiger partial charge in [0, 0.05) is 29.4 Å². The number of amides is 2. The number of carbonyl (C=O) groups is 1. The first-order valence-corrected chi connectivity index (χ1v) is 9.53. The molecule has 9 nitrogen and oxygen atoms in total. The number of nitrogens with one attached hydrogen (secondary N) is 2. The van der Waals surface area contributed by atoms with E-state index in [0.717, 1.165) is 5.56 Å². The Kier molecular flexibility index (Phi) is 7.10. The fourth-order valence-electron chi connectivity index (χ4n) is 2.87. The second kappa shape index (κ2) is 10.1. The summed E-state index contributed by atoms with van der Waals surface area (Å²) in [5.74, 6) is 1.81. The van der Waals surface area contributed by atoms with E-state index in [1.807, 2.05) is 25.1 Å². The molecule has 0 aliphatic rings. The highest BCUT2D eigenvalue weighted by molar-refractivity contribution is 6.00. The summed E-state index contributed by atoms with van der Waals surface area (Å²) in [4.78, 5) is 12.4. The van der Waals surface area contributed by atoms with Gasteiger partial charge in [-0.25, -0.2) is 4.79 Å². The van der Waals surface area contributed by atoms with E-state index in [-0.39, 0.29) is 0 Å². The zero-order chi connectivity index (χ0) is 22.2. The van der Waals surface area contributed by atoms with E-state index in [9.17, 15) is 4.79 Å². The zero-order valence-electron chi connectivity index (χ0n) is 17.8. The molecule has 0 aliphatic carbocycles. The number of carbonyl (C=O) groups excluding carboxylic acids is 1. The number of hydrogen-bond donors (Lipinski definition) is 2. The van der Waals surface area contributed by atoms with Crippen molar-refractivity contribution in [3.05, 3.63) is 48.5 Å². The number of aromatic nitrogens is 2. The molecule has 1 heterocycles. The van der Waals surface area contributed by atoms with Crippen LogP contribution < -0.4 is 29.6 Å². The van der Waals surface area contributed by atoms with Gasteiger partial charge < -0.3 is 29.6 Å². The van der Waals surface area contributed by atoms with Gasteiger partial charge in [0.05, 0.1) is 39.3 Å². The molecule has 1 aromatic heterocycles. The summed E-state index contributed by atoms with van der Waals surface area (Å²) in [6.45, 7) is 2.42. The number of benzene rings is 2. The van der Waals surface area contributed by atoms with Gasteiger partial charge in [0.15, 0.2) is 11.5 Å². The van der Waals surface area contributed by atoms with Crippen molar-refractivity contribution < 1.29 is 23.7 Å². The lowest BCUT2D eigenvalue weighted by Crippen LogP contribution is -2.19. The quantitative estimate of drug-likeness (QED) is 0.558. The molecule has 3 rings (SSSR count). The Morgan fingerprint density at radius 2 is 1.48 bits per heavy atom. The first-order chi connectivity index (χ1) is 15.1. The Hall–Kier alpha value is -4.01. The van der Waals surface area contributed by atoms with Crippen molar-refractivity contribution in [1.82, 2.24) is 10.2 Å². The van der Waals surface area contributed by atoms with Gasteiger partial charge >= 0.3 is 6.03 Å². The molecule has 0 radical (unpaired) electrons. The van der Waals surface area contributed by atoms with Crippen LogP contribution in [0.1, 0.15) is 6.92 Å². The number of anilines is 2. The molecule has 0 atom stereocenters. The van der Waals surface area contributed by atoms with Crippen LogP contribution in [0.4, 0.5) is 16.2 Å². The van der Waals surface area contributed by atoms with Crippen LogP contribution in [-0.4, -0.2) is 44.2 Å². The van der Waals surface area contributed by atoms with Gasteiger partial charge in [0.25, 0.3) is 0 Å². The van der Waals surface area contributed by atoms with E-state index in [1.54, 1.807) is 30.3 Å². The maximum atomic E-state index is 12.4. The number of rotatable bonds is 8. The smallest absolute Gasteiger partial charge is 0.323 e. The highest BCUT2D eigenvalue weighted by Gasteiger charge is 2.14. The first-order valence-electron chi connectivity index (χ1n) is 9.53. The molecule has 0 saturated carbocycles. The van der Waals surface area contributed by atoms with E-state index in [4.69, 9.17) is 18.9 Å². The van der Waals surface area contributed by atoms with Crippen molar-refractivity contribution in [2.24, 2.45) is 0 Å². The van der Waals surface area contributed by atoms with Crippen molar-refractivity contribution in [3.8, 4) is 34.4 Å². The SMILES string of the molecule is CCOc1ccc(-c2ccc(NC(=O)Nc3cc(OC)c(OC)c(OC)c3)cc2)nn1. The summed E-state index contributed by atoms with van der Waals surface area (Å²) in [6, 6.07) is 13.7. The maximum absolute atomic E-state index is 12.4. The highest BCUT2D eigenvalue weighted by Crippen LogP contribution is 2.39. The van der Waals surface area contributed by atoms with Gasteiger partial charge in [0.1, 0.15) is 0 Å². The molecule has 9 heteroatoms. The maximum Gasteiger partial charge on any atom is 0.323 e. The summed E-state index contributed by atoms with van der Waals surface area (Å²) in [6.07, 6.45) is 0. The minimum Gasteiger partial charge on any atom is -0.493 e. The minimum absolute atomic E-state index is 0.414. The van der Waals surface area contributed by atoms with Crippen molar-refractivity contribution in [3.63, 3.8) is 0 Å². The molecule has 0 fully saturated rings. The largest absolute Gasteiger partial charge is 0.493 e. The molecule has 31 heavy (non-hydrogen) atoms. The van der Waals surface area contributed by atoms with Crippen molar-refractivity contribution >= 4 is 17.4 Å². The average Bonchev–Trinajstić information content (AvgIpc) is 2.79. The molecular formula is C22H24N4O5. The molecule has 0 bridgehead atoms. The average molecular weight is 424 g/mol. The molecule has 2 amide bonds. The molecule has 0 unspecified atom stereocenters. The highest BCUT2D eigenvalue weighted by atomic mass is 16.5. The van der Waals surface area contributed by atoms with E-state index < -0.39 is 6.03 Å². The molecule has 0 aliphatic heterocycles. The van der Waals surface area contributed by atoms with Gasteiger partial charge in [-0.15, -0.1) is 10.2 Å². The number of methoxy groups -OCH3 is 3. The monoisotopic (exact) mass is 424 g/mol. The third-order valence-electron chi connectivity index (χ3n) is 4.29. The molecule has 2 N–H and O–H groups in total. The van der Waals surface area contributed by atoms with E-state index >= 15 is 0 Å². The number of urea groups is 1. The van der Waals surface area contributed by atoms with Crippen LogP contribution in [0.15, 0.2) is 48.5 Å². The molecular weight excluding hydrogens is 400 g/mol.